The summed E-state index contributed by atoms with van der Waals surface area (Å²) in [5.74, 6) is -1.72. The van der Waals surface area contributed by atoms with E-state index in [-0.39, 0.29) is 25.1 Å². The number of esters is 1. The van der Waals surface area contributed by atoms with Gasteiger partial charge in [-0.2, -0.15) is 0 Å². The Kier molecular flexibility index (Phi) is 4.23. The molecule has 1 aliphatic rings. The average molecular weight is 216 g/mol. The number of rotatable bonds is 5. The van der Waals surface area contributed by atoms with E-state index in [2.05, 4.69) is 0 Å². The van der Waals surface area contributed by atoms with Crippen LogP contribution in [0.4, 0.5) is 0 Å². The molecule has 5 nitrogen and oxygen atoms in total. The molecule has 1 unspecified atom stereocenters. The predicted octanol–water partition coefficient (Wildman–Crippen LogP) is 0.864. The third-order valence-electron chi connectivity index (χ3n) is 2.16. The molecule has 1 saturated heterocycles. The first kappa shape index (κ1) is 12.1. The molecule has 1 atom stereocenters. The van der Waals surface area contributed by atoms with E-state index in [1.54, 1.807) is 20.8 Å². The zero-order valence-corrected chi connectivity index (χ0v) is 9.19. The van der Waals surface area contributed by atoms with Crippen LogP contribution in [0.3, 0.4) is 0 Å². The zero-order chi connectivity index (χ0) is 11.4. The zero-order valence-electron chi connectivity index (χ0n) is 9.19. The van der Waals surface area contributed by atoms with Gasteiger partial charge in [-0.15, -0.1) is 0 Å². The van der Waals surface area contributed by atoms with Crippen molar-refractivity contribution in [2.45, 2.75) is 39.8 Å². The number of ether oxygens (including phenoxy) is 3. The molecule has 0 spiro atoms. The Morgan fingerprint density at radius 2 is 1.93 bits per heavy atom. The largest absolute Gasteiger partial charge is 0.465 e. The van der Waals surface area contributed by atoms with Crippen LogP contribution in [0, 0.1) is 5.92 Å². The number of hydrogen-bond donors (Lipinski definition) is 0. The van der Waals surface area contributed by atoms with Gasteiger partial charge in [0.2, 0.25) is 0 Å². The molecule has 0 radical (unpaired) electrons. The summed E-state index contributed by atoms with van der Waals surface area (Å²) >= 11 is 0. The minimum Gasteiger partial charge on any atom is -0.465 e. The maximum Gasteiger partial charge on any atom is 0.321 e. The summed E-state index contributed by atoms with van der Waals surface area (Å²) in [6, 6.07) is 0. The normalized spacial score (nSPS) is 26.6. The third-order valence-corrected chi connectivity index (χ3v) is 2.16. The number of carbonyl (C=O) groups is 2. The highest BCUT2D eigenvalue weighted by Crippen LogP contribution is 2.25. The highest BCUT2D eigenvalue weighted by molar-refractivity contribution is 5.99. The summed E-state index contributed by atoms with van der Waals surface area (Å²) in [6.07, 6.45) is -0.857. The molecule has 1 aliphatic heterocycles. The van der Waals surface area contributed by atoms with Crippen molar-refractivity contribution < 1.29 is 23.8 Å². The van der Waals surface area contributed by atoms with Gasteiger partial charge in [-0.25, -0.2) is 0 Å². The molecule has 0 N–H and O–H groups in total. The fourth-order valence-electron chi connectivity index (χ4n) is 1.39. The summed E-state index contributed by atoms with van der Waals surface area (Å²) in [5, 5.41) is 0. The molecule has 86 valence electrons. The highest BCUT2D eigenvalue weighted by Gasteiger charge is 2.43. The van der Waals surface area contributed by atoms with Crippen LogP contribution in [-0.4, -0.2) is 30.9 Å². The van der Waals surface area contributed by atoms with Crippen molar-refractivity contribution in [2.75, 3.05) is 6.61 Å². The Bertz CT molecular complexity index is 244. The van der Waals surface area contributed by atoms with Gasteiger partial charge in [0.25, 0.3) is 0 Å². The quantitative estimate of drug-likeness (QED) is 0.504. The van der Waals surface area contributed by atoms with Gasteiger partial charge in [-0.1, -0.05) is 6.92 Å². The first-order chi connectivity index (χ1) is 7.10. The molecule has 1 fully saturated rings. The van der Waals surface area contributed by atoms with E-state index in [1.807, 2.05) is 0 Å². The van der Waals surface area contributed by atoms with Crippen LogP contribution in [0.5, 0.6) is 0 Å². The van der Waals surface area contributed by atoms with Crippen LogP contribution in [0.25, 0.3) is 0 Å². The van der Waals surface area contributed by atoms with Gasteiger partial charge in [0.1, 0.15) is 0 Å². The minimum absolute atomic E-state index is 0.217. The van der Waals surface area contributed by atoms with Crippen molar-refractivity contribution in [2.24, 2.45) is 5.92 Å². The first-order valence-electron chi connectivity index (χ1n) is 5.10. The van der Waals surface area contributed by atoms with Crippen LogP contribution < -0.4 is 0 Å². The molecule has 1 rings (SSSR count). The van der Waals surface area contributed by atoms with Gasteiger partial charge in [-0.3, -0.25) is 9.59 Å². The van der Waals surface area contributed by atoms with E-state index in [1.165, 1.54) is 0 Å². The van der Waals surface area contributed by atoms with Gasteiger partial charge in [-0.05, 0) is 13.8 Å². The summed E-state index contributed by atoms with van der Waals surface area (Å²) in [7, 11) is 0. The van der Waals surface area contributed by atoms with Crippen molar-refractivity contribution in [3.8, 4) is 0 Å². The Balaban J connectivity index is 2.61. The van der Waals surface area contributed by atoms with Crippen LogP contribution in [-0.2, 0) is 23.8 Å². The van der Waals surface area contributed by atoms with Crippen molar-refractivity contribution >= 4 is 11.8 Å². The number of hydrogen-bond acceptors (Lipinski definition) is 5. The molecule has 0 aromatic carbocycles. The summed E-state index contributed by atoms with van der Waals surface area (Å²) in [5.41, 5.74) is 0. The van der Waals surface area contributed by atoms with Crippen LogP contribution in [0.15, 0.2) is 0 Å². The monoisotopic (exact) mass is 216 g/mol. The Hall–Kier alpha value is -0.940. The maximum atomic E-state index is 11.5. The molecule has 15 heavy (non-hydrogen) atoms. The lowest BCUT2D eigenvalue weighted by Crippen LogP contribution is -2.50. The van der Waals surface area contributed by atoms with E-state index in [0.29, 0.717) is 0 Å². The van der Waals surface area contributed by atoms with E-state index >= 15 is 0 Å². The fourth-order valence-corrected chi connectivity index (χ4v) is 1.39. The van der Waals surface area contributed by atoms with E-state index in [4.69, 9.17) is 14.2 Å². The number of ketones is 1. The predicted molar refractivity (Wildman–Crippen MR) is 50.8 cm³/mol. The summed E-state index contributed by atoms with van der Waals surface area (Å²) in [6.45, 7) is 5.33. The highest BCUT2D eigenvalue weighted by atomic mass is 16.9. The average Bonchev–Trinajstić information content (AvgIpc) is 2.15. The van der Waals surface area contributed by atoms with Gasteiger partial charge < -0.3 is 14.2 Å². The minimum atomic E-state index is -0.939. The van der Waals surface area contributed by atoms with Crippen molar-refractivity contribution in [3.63, 3.8) is 0 Å². The molecule has 0 bridgehead atoms. The van der Waals surface area contributed by atoms with Crippen LogP contribution in [0.2, 0.25) is 0 Å². The Morgan fingerprint density at radius 3 is 2.33 bits per heavy atom. The van der Waals surface area contributed by atoms with Gasteiger partial charge in [0.15, 0.2) is 24.3 Å². The van der Waals surface area contributed by atoms with Gasteiger partial charge in [0.05, 0.1) is 6.61 Å². The Labute approximate surface area is 88.7 Å². The van der Waals surface area contributed by atoms with Crippen molar-refractivity contribution in [1.29, 1.82) is 0 Å². The second-order valence-corrected chi connectivity index (χ2v) is 3.26. The molecule has 0 aliphatic carbocycles. The topological polar surface area (TPSA) is 61.8 Å². The summed E-state index contributed by atoms with van der Waals surface area (Å²) in [4.78, 5) is 23.0. The molecule has 0 saturated carbocycles. The molecule has 0 aromatic heterocycles. The Morgan fingerprint density at radius 1 is 1.33 bits per heavy atom. The SMILES string of the molecule is CCOC(=O)C(C(=O)CC)C1OC(C)O1. The lowest BCUT2D eigenvalue weighted by molar-refractivity contribution is -0.384. The summed E-state index contributed by atoms with van der Waals surface area (Å²) < 4.78 is 15.1. The smallest absolute Gasteiger partial charge is 0.321 e. The second kappa shape index (κ2) is 5.23. The molecular formula is C10H16O5. The second-order valence-electron chi connectivity index (χ2n) is 3.26. The third kappa shape index (κ3) is 2.76. The molecule has 5 heteroatoms. The number of Topliss-reactive ketones (excluding diaryl/α,β-unsaturated/α-hetero) is 1. The molecular weight excluding hydrogens is 200 g/mol. The van der Waals surface area contributed by atoms with Gasteiger partial charge in [0, 0.05) is 6.42 Å². The van der Waals surface area contributed by atoms with Crippen LogP contribution in [0.1, 0.15) is 27.2 Å². The molecule has 1 heterocycles. The van der Waals surface area contributed by atoms with Crippen molar-refractivity contribution in [3.05, 3.63) is 0 Å². The standard InChI is InChI=1S/C10H16O5/c1-4-7(11)8(9(12)13-5-2)10-14-6(3)15-10/h6,8,10H,4-5H2,1-3H3. The maximum absolute atomic E-state index is 11.5. The van der Waals surface area contributed by atoms with E-state index < -0.39 is 18.2 Å². The number of carbonyl (C=O) groups excluding carboxylic acids is 2. The lowest BCUT2D eigenvalue weighted by Gasteiger charge is -2.36. The van der Waals surface area contributed by atoms with Gasteiger partial charge >= 0.3 is 5.97 Å². The fraction of sp³-hybridized carbons (Fsp3) is 0.800. The van der Waals surface area contributed by atoms with E-state index in [9.17, 15) is 9.59 Å². The molecule has 0 aromatic rings. The van der Waals surface area contributed by atoms with Crippen LogP contribution >= 0.6 is 0 Å². The van der Waals surface area contributed by atoms with Crippen molar-refractivity contribution in [1.82, 2.24) is 0 Å². The lowest BCUT2D eigenvalue weighted by atomic mass is 10.0. The molecule has 0 amide bonds. The first-order valence-corrected chi connectivity index (χ1v) is 5.10. The van der Waals surface area contributed by atoms with E-state index in [0.717, 1.165) is 0 Å².